The van der Waals surface area contributed by atoms with Crippen LogP contribution in [0.3, 0.4) is 0 Å². The molecule has 1 amide bonds. The molecule has 1 saturated heterocycles. The van der Waals surface area contributed by atoms with Gasteiger partial charge in [0.25, 0.3) is 0 Å². The van der Waals surface area contributed by atoms with E-state index in [1.165, 1.54) is 0 Å². The van der Waals surface area contributed by atoms with Crippen LogP contribution in [0.5, 0.6) is 0 Å². The summed E-state index contributed by atoms with van der Waals surface area (Å²) in [5, 5.41) is 12.3. The number of aliphatic hydroxyl groups is 1. The second-order valence-electron chi connectivity index (χ2n) is 5.91. The van der Waals surface area contributed by atoms with Gasteiger partial charge in [0.2, 0.25) is 0 Å². The number of nitrogens with one attached hydrogen (secondary N) is 1. The molecule has 100 valence electrons. The second kappa shape index (κ2) is 5.23. The van der Waals surface area contributed by atoms with Crippen molar-refractivity contribution in [3.8, 4) is 0 Å². The summed E-state index contributed by atoms with van der Waals surface area (Å²) in [4.78, 5) is 13.8. The fraction of sp³-hybridized carbons (Fsp3) is 0.917. The van der Waals surface area contributed by atoms with Crippen LogP contribution in [-0.4, -0.2) is 54.0 Å². The molecule has 0 aromatic rings. The van der Waals surface area contributed by atoms with E-state index in [-0.39, 0.29) is 6.61 Å². The second-order valence-corrected chi connectivity index (χ2v) is 5.91. The average molecular weight is 244 g/mol. The molecule has 1 heterocycles. The zero-order valence-corrected chi connectivity index (χ0v) is 11.2. The fourth-order valence-corrected chi connectivity index (χ4v) is 2.15. The van der Waals surface area contributed by atoms with E-state index in [1.54, 1.807) is 0 Å². The number of carbonyl (C=O) groups excluding carboxylic acids is 1. The van der Waals surface area contributed by atoms with Crippen molar-refractivity contribution >= 4 is 6.09 Å². The Bertz CT molecular complexity index is 275. The molecular weight excluding hydrogens is 220 g/mol. The van der Waals surface area contributed by atoms with Crippen molar-refractivity contribution in [3.05, 3.63) is 0 Å². The standard InChI is InChI=1S/C12H24N2O3/c1-11(2,3)17-10(16)13-12(9-15)6-5-7-14(4)8-12/h15H,5-9H2,1-4H3,(H,13,16). The molecule has 5 nitrogen and oxygen atoms in total. The molecule has 0 saturated carbocycles. The fourth-order valence-electron chi connectivity index (χ4n) is 2.15. The number of piperidine rings is 1. The van der Waals surface area contributed by atoms with E-state index in [4.69, 9.17) is 4.74 Å². The van der Waals surface area contributed by atoms with Crippen LogP contribution in [0.1, 0.15) is 33.6 Å². The molecule has 1 fully saturated rings. The third kappa shape index (κ3) is 4.52. The van der Waals surface area contributed by atoms with E-state index in [0.29, 0.717) is 6.54 Å². The zero-order valence-electron chi connectivity index (χ0n) is 11.2. The lowest BCUT2D eigenvalue weighted by molar-refractivity contribution is 0.0270. The third-order valence-electron chi connectivity index (χ3n) is 2.84. The molecular formula is C12H24N2O3. The Labute approximate surface area is 103 Å². The van der Waals surface area contributed by atoms with Gasteiger partial charge < -0.3 is 20.1 Å². The molecule has 1 aliphatic heterocycles. The Morgan fingerprint density at radius 2 is 2.18 bits per heavy atom. The molecule has 17 heavy (non-hydrogen) atoms. The minimum Gasteiger partial charge on any atom is -0.444 e. The number of carbonyl (C=O) groups is 1. The number of likely N-dealkylation sites (N-methyl/N-ethyl adjacent to an activating group) is 1. The topological polar surface area (TPSA) is 61.8 Å². The Hall–Kier alpha value is -0.810. The summed E-state index contributed by atoms with van der Waals surface area (Å²) in [7, 11) is 1.99. The molecule has 1 atom stereocenters. The van der Waals surface area contributed by atoms with Gasteiger partial charge in [-0.15, -0.1) is 0 Å². The van der Waals surface area contributed by atoms with Crippen LogP contribution in [0.2, 0.25) is 0 Å². The lowest BCUT2D eigenvalue weighted by Gasteiger charge is -2.40. The van der Waals surface area contributed by atoms with Gasteiger partial charge in [0, 0.05) is 6.54 Å². The van der Waals surface area contributed by atoms with Crippen molar-refractivity contribution in [1.82, 2.24) is 10.2 Å². The van der Waals surface area contributed by atoms with Gasteiger partial charge in [-0.05, 0) is 47.2 Å². The maximum atomic E-state index is 11.7. The van der Waals surface area contributed by atoms with Crippen LogP contribution in [-0.2, 0) is 4.74 Å². The summed E-state index contributed by atoms with van der Waals surface area (Å²) < 4.78 is 5.22. The van der Waals surface area contributed by atoms with Crippen molar-refractivity contribution in [2.45, 2.75) is 44.8 Å². The predicted molar refractivity (Wildman–Crippen MR) is 65.9 cm³/mol. The zero-order chi connectivity index (χ0) is 13.1. The number of hydrogen-bond acceptors (Lipinski definition) is 4. The van der Waals surface area contributed by atoms with Crippen LogP contribution in [0.4, 0.5) is 4.79 Å². The van der Waals surface area contributed by atoms with E-state index in [9.17, 15) is 9.90 Å². The first-order valence-corrected chi connectivity index (χ1v) is 6.07. The first kappa shape index (κ1) is 14.3. The van der Waals surface area contributed by atoms with Gasteiger partial charge in [-0.2, -0.15) is 0 Å². The molecule has 0 aromatic carbocycles. The summed E-state index contributed by atoms with van der Waals surface area (Å²) in [6.07, 6.45) is 1.29. The quantitative estimate of drug-likeness (QED) is 0.760. The normalized spacial score (nSPS) is 26.6. The van der Waals surface area contributed by atoms with Gasteiger partial charge in [0.05, 0.1) is 12.1 Å². The van der Waals surface area contributed by atoms with Gasteiger partial charge in [-0.1, -0.05) is 0 Å². The lowest BCUT2D eigenvalue weighted by atomic mass is 9.90. The maximum absolute atomic E-state index is 11.7. The van der Waals surface area contributed by atoms with Crippen molar-refractivity contribution in [3.63, 3.8) is 0 Å². The number of likely N-dealkylation sites (tertiary alicyclic amines) is 1. The predicted octanol–water partition coefficient (Wildman–Crippen LogP) is 0.968. The number of ether oxygens (including phenoxy) is 1. The van der Waals surface area contributed by atoms with E-state index >= 15 is 0 Å². The monoisotopic (exact) mass is 244 g/mol. The molecule has 0 bridgehead atoms. The summed E-state index contributed by atoms with van der Waals surface area (Å²) in [6, 6.07) is 0. The number of aliphatic hydroxyl groups excluding tert-OH is 1. The van der Waals surface area contributed by atoms with E-state index in [0.717, 1.165) is 19.4 Å². The largest absolute Gasteiger partial charge is 0.444 e. The highest BCUT2D eigenvalue weighted by atomic mass is 16.6. The molecule has 0 spiro atoms. The molecule has 0 aliphatic carbocycles. The van der Waals surface area contributed by atoms with Crippen molar-refractivity contribution < 1.29 is 14.6 Å². The number of amides is 1. The molecule has 1 rings (SSSR count). The minimum atomic E-state index is -0.560. The van der Waals surface area contributed by atoms with Gasteiger partial charge in [-0.25, -0.2) is 4.79 Å². The summed E-state index contributed by atoms with van der Waals surface area (Å²) >= 11 is 0. The van der Waals surface area contributed by atoms with Crippen molar-refractivity contribution in [2.75, 3.05) is 26.7 Å². The molecule has 1 aliphatic rings. The van der Waals surface area contributed by atoms with Gasteiger partial charge in [-0.3, -0.25) is 0 Å². The Balaban J connectivity index is 2.59. The van der Waals surface area contributed by atoms with Crippen molar-refractivity contribution in [1.29, 1.82) is 0 Å². The summed E-state index contributed by atoms with van der Waals surface area (Å²) in [6.45, 7) is 7.07. The Kier molecular flexibility index (Phi) is 4.38. The maximum Gasteiger partial charge on any atom is 0.408 e. The lowest BCUT2D eigenvalue weighted by Crippen LogP contribution is -2.60. The van der Waals surface area contributed by atoms with Gasteiger partial charge >= 0.3 is 6.09 Å². The highest BCUT2D eigenvalue weighted by Crippen LogP contribution is 2.20. The molecule has 2 N–H and O–H groups in total. The van der Waals surface area contributed by atoms with Crippen LogP contribution in [0.25, 0.3) is 0 Å². The van der Waals surface area contributed by atoms with Gasteiger partial charge in [0.15, 0.2) is 0 Å². The number of hydrogen-bond donors (Lipinski definition) is 2. The first-order chi connectivity index (χ1) is 7.76. The smallest absolute Gasteiger partial charge is 0.408 e. The highest BCUT2D eigenvalue weighted by molar-refractivity contribution is 5.68. The minimum absolute atomic E-state index is 0.0589. The van der Waals surface area contributed by atoms with Crippen LogP contribution in [0.15, 0.2) is 0 Å². The summed E-state index contributed by atoms with van der Waals surface area (Å²) in [5.41, 5.74) is -1.07. The number of rotatable bonds is 2. The Morgan fingerprint density at radius 3 is 2.65 bits per heavy atom. The van der Waals surface area contributed by atoms with E-state index in [1.807, 2.05) is 27.8 Å². The van der Waals surface area contributed by atoms with Crippen LogP contribution in [0, 0.1) is 0 Å². The van der Waals surface area contributed by atoms with Crippen LogP contribution >= 0.6 is 0 Å². The number of alkyl carbamates (subject to hydrolysis) is 1. The SMILES string of the molecule is CN1CCCC(CO)(NC(=O)OC(C)(C)C)C1. The number of nitrogens with zero attached hydrogens (tertiary/aromatic N) is 1. The highest BCUT2D eigenvalue weighted by Gasteiger charge is 2.36. The van der Waals surface area contributed by atoms with Crippen molar-refractivity contribution in [2.24, 2.45) is 0 Å². The van der Waals surface area contributed by atoms with E-state index in [2.05, 4.69) is 10.2 Å². The Morgan fingerprint density at radius 1 is 1.53 bits per heavy atom. The van der Waals surface area contributed by atoms with E-state index < -0.39 is 17.2 Å². The first-order valence-electron chi connectivity index (χ1n) is 6.07. The average Bonchev–Trinajstić information content (AvgIpc) is 2.14. The molecule has 5 heteroatoms. The van der Waals surface area contributed by atoms with Gasteiger partial charge in [0.1, 0.15) is 5.60 Å². The molecule has 0 aromatic heterocycles. The third-order valence-corrected chi connectivity index (χ3v) is 2.84. The molecule has 1 unspecified atom stereocenters. The molecule has 0 radical (unpaired) electrons. The van der Waals surface area contributed by atoms with Crippen LogP contribution < -0.4 is 5.32 Å². The summed E-state index contributed by atoms with van der Waals surface area (Å²) in [5.74, 6) is 0.